The van der Waals surface area contributed by atoms with Gasteiger partial charge in [-0.25, -0.2) is 18.3 Å². The second-order valence-electron chi connectivity index (χ2n) is 8.65. The van der Waals surface area contributed by atoms with Crippen LogP contribution in [0.15, 0.2) is 30.5 Å². The minimum absolute atomic E-state index is 0.00110. The fraction of sp³-hybridized carbons (Fsp3) is 0.417. The Morgan fingerprint density at radius 2 is 1.74 bits per heavy atom. The van der Waals surface area contributed by atoms with Crippen LogP contribution in [-0.4, -0.2) is 36.5 Å². The quantitative estimate of drug-likeness (QED) is 0.464. The first-order valence-corrected chi connectivity index (χ1v) is 11.0. The minimum Gasteiger partial charge on any atom is -0.478 e. The van der Waals surface area contributed by atoms with Gasteiger partial charge >= 0.3 is 5.97 Å². The van der Waals surface area contributed by atoms with E-state index in [0.29, 0.717) is 17.5 Å². The Balaban J connectivity index is 0.000000303. The van der Waals surface area contributed by atoms with Crippen LogP contribution < -0.4 is 5.32 Å². The van der Waals surface area contributed by atoms with E-state index < -0.39 is 35.5 Å². The van der Waals surface area contributed by atoms with E-state index in [9.17, 15) is 22.8 Å². The van der Waals surface area contributed by atoms with Gasteiger partial charge in [-0.2, -0.15) is 14.6 Å². The van der Waals surface area contributed by atoms with E-state index in [1.54, 1.807) is 6.92 Å². The summed E-state index contributed by atoms with van der Waals surface area (Å²) >= 11 is 0. The summed E-state index contributed by atoms with van der Waals surface area (Å²) in [6.45, 7) is 8.12. The molecule has 2 heterocycles. The molecular formula is C24H30F3N5O3. The Labute approximate surface area is 201 Å². The lowest BCUT2D eigenvalue weighted by atomic mass is 9.91. The van der Waals surface area contributed by atoms with Crippen molar-refractivity contribution in [3.05, 3.63) is 64.5 Å². The van der Waals surface area contributed by atoms with Gasteiger partial charge in [-0.15, -0.1) is 0 Å². The highest BCUT2D eigenvalue weighted by Crippen LogP contribution is 2.30. The highest BCUT2D eigenvalue weighted by atomic mass is 19.3. The van der Waals surface area contributed by atoms with Crippen LogP contribution in [0.3, 0.4) is 0 Å². The Hall–Kier alpha value is -3.63. The number of amides is 1. The zero-order chi connectivity index (χ0) is 26.4. The molecule has 0 saturated carbocycles. The fourth-order valence-electron chi connectivity index (χ4n) is 3.78. The molecule has 35 heavy (non-hydrogen) atoms. The highest BCUT2D eigenvalue weighted by molar-refractivity contribution is 6.05. The van der Waals surface area contributed by atoms with E-state index in [2.05, 4.69) is 36.3 Å². The lowest BCUT2D eigenvalue weighted by Crippen LogP contribution is -2.16. The predicted molar refractivity (Wildman–Crippen MR) is 125 cm³/mol. The second kappa shape index (κ2) is 11.7. The van der Waals surface area contributed by atoms with Crippen LogP contribution in [-0.2, 0) is 14.1 Å². The minimum atomic E-state index is -2.85. The summed E-state index contributed by atoms with van der Waals surface area (Å²) in [6.07, 6.45) is -0.783. The number of hydrogen-bond donors (Lipinski definition) is 2. The Morgan fingerprint density at radius 3 is 2.23 bits per heavy atom. The molecule has 0 aliphatic carbocycles. The van der Waals surface area contributed by atoms with Crippen LogP contribution in [0.2, 0.25) is 0 Å². The molecule has 1 amide bonds. The van der Waals surface area contributed by atoms with Crippen molar-refractivity contribution in [2.24, 2.45) is 20.0 Å². The first-order chi connectivity index (χ1) is 16.3. The third-order valence-corrected chi connectivity index (χ3v) is 5.24. The van der Waals surface area contributed by atoms with Crippen molar-refractivity contribution in [3.63, 3.8) is 0 Å². The van der Waals surface area contributed by atoms with Gasteiger partial charge in [-0.05, 0) is 36.8 Å². The molecule has 0 bridgehead atoms. The number of hydrogen-bond acceptors (Lipinski definition) is 4. The number of carbonyl (C=O) groups excluding carboxylic acids is 1. The third kappa shape index (κ3) is 6.93. The zero-order valence-electron chi connectivity index (χ0n) is 20.5. The van der Waals surface area contributed by atoms with Crippen molar-refractivity contribution >= 4 is 17.6 Å². The number of alkyl halides is 2. The van der Waals surface area contributed by atoms with E-state index in [1.165, 1.54) is 14.1 Å². The molecule has 190 valence electrons. The van der Waals surface area contributed by atoms with E-state index in [-0.39, 0.29) is 5.56 Å². The zero-order valence-corrected chi connectivity index (χ0v) is 20.5. The van der Waals surface area contributed by atoms with Gasteiger partial charge in [0.1, 0.15) is 16.8 Å². The molecule has 1 atom stereocenters. The van der Waals surface area contributed by atoms with Gasteiger partial charge in [0, 0.05) is 26.0 Å². The molecule has 0 spiro atoms. The molecule has 0 aliphatic rings. The SMILES string of the molecule is Cc1nn(C)c(F)c1C(=O)Nc1ccccc1C(C)CC(C)C.Cn1cc(C(=O)O)c(C(F)F)n1. The van der Waals surface area contributed by atoms with Gasteiger partial charge in [0.05, 0.1) is 5.69 Å². The number of nitrogens with one attached hydrogen (secondary N) is 1. The molecule has 3 aromatic rings. The number of aromatic nitrogens is 4. The van der Waals surface area contributed by atoms with Crippen molar-refractivity contribution in [2.45, 2.75) is 46.5 Å². The smallest absolute Gasteiger partial charge is 0.339 e. The van der Waals surface area contributed by atoms with E-state index in [0.717, 1.165) is 33.2 Å². The van der Waals surface area contributed by atoms with E-state index in [4.69, 9.17) is 5.11 Å². The van der Waals surface area contributed by atoms with Gasteiger partial charge in [0.25, 0.3) is 12.3 Å². The fourth-order valence-corrected chi connectivity index (χ4v) is 3.78. The number of carbonyl (C=O) groups is 2. The molecular weight excluding hydrogens is 463 g/mol. The molecule has 8 nitrogen and oxygen atoms in total. The average molecular weight is 494 g/mol. The number of nitrogens with zero attached hydrogens (tertiary/aromatic N) is 4. The van der Waals surface area contributed by atoms with Crippen LogP contribution in [0.1, 0.15) is 77.2 Å². The normalized spacial score (nSPS) is 11.9. The van der Waals surface area contributed by atoms with Crippen LogP contribution in [0, 0.1) is 18.8 Å². The first-order valence-electron chi connectivity index (χ1n) is 11.0. The van der Waals surface area contributed by atoms with Gasteiger partial charge in [-0.1, -0.05) is 39.0 Å². The molecule has 1 unspecified atom stereocenters. The van der Waals surface area contributed by atoms with Crippen molar-refractivity contribution in [3.8, 4) is 0 Å². The summed E-state index contributed by atoms with van der Waals surface area (Å²) in [6, 6.07) is 7.69. The highest BCUT2D eigenvalue weighted by Gasteiger charge is 2.23. The van der Waals surface area contributed by atoms with Gasteiger partial charge in [0.2, 0.25) is 5.95 Å². The number of rotatable bonds is 7. The summed E-state index contributed by atoms with van der Waals surface area (Å²) in [4.78, 5) is 22.8. The number of halogens is 3. The molecule has 0 aliphatic heterocycles. The Morgan fingerprint density at radius 1 is 1.11 bits per heavy atom. The molecule has 1 aromatic carbocycles. The Bertz CT molecular complexity index is 1190. The van der Waals surface area contributed by atoms with Crippen LogP contribution in [0.5, 0.6) is 0 Å². The molecule has 0 saturated heterocycles. The second-order valence-corrected chi connectivity index (χ2v) is 8.65. The number of carboxylic acids is 1. The lowest BCUT2D eigenvalue weighted by molar-refractivity contribution is 0.0684. The number of aryl methyl sites for hydroxylation is 3. The number of anilines is 1. The number of benzene rings is 1. The number of aromatic carboxylic acids is 1. The molecule has 11 heteroatoms. The van der Waals surface area contributed by atoms with Crippen LogP contribution >= 0.6 is 0 Å². The number of para-hydroxylation sites is 1. The summed E-state index contributed by atoms with van der Waals surface area (Å²) < 4.78 is 40.3. The summed E-state index contributed by atoms with van der Waals surface area (Å²) in [5.41, 5.74) is 1.04. The van der Waals surface area contributed by atoms with Gasteiger partial charge < -0.3 is 10.4 Å². The largest absolute Gasteiger partial charge is 0.478 e. The molecule has 0 radical (unpaired) electrons. The molecule has 2 N–H and O–H groups in total. The van der Waals surface area contributed by atoms with Crippen molar-refractivity contribution < 1.29 is 27.9 Å². The monoisotopic (exact) mass is 493 g/mol. The molecule has 2 aromatic heterocycles. The number of carboxylic acid groups (broad SMARTS) is 1. The maximum Gasteiger partial charge on any atom is 0.339 e. The molecule has 0 fully saturated rings. The summed E-state index contributed by atoms with van der Waals surface area (Å²) in [5.74, 6) is -1.60. The standard InChI is InChI=1S/C18H24FN3O.C6H6F2N2O2/c1-11(2)10-12(3)14-8-6-7-9-15(14)20-18(23)16-13(4)21-22(5)17(16)19;1-10-2-3(6(11)12)4(9-10)5(7)8/h6-9,11-12H,10H2,1-5H3,(H,20,23);2,5H,1H3,(H,11,12). The molecule has 3 rings (SSSR count). The van der Waals surface area contributed by atoms with Gasteiger partial charge in [0.15, 0.2) is 0 Å². The van der Waals surface area contributed by atoms with E-state index >= 15 is 0 Å². The van der Waals surface area contributed by atoms with E-state index in [1.807, 2.05) is 24.3 Å². The van der Waals surface area contributed by atoms with Crippen LogP contribution in [0.4, 0.5) is 18.9 Å². The summed E-state index contributed by atoms with van der Waals surface area (Å²) in [7, 11) is 2.87. The maximum atomic E-state index is 14.0. The topological polar surface area (TPSA) is 102 Å². The van der Waals surface area contributed by atoms with Crippen LogP contribution in [0.25, 0.3) is 0 Å². The summed E-state index contributed by atoms with van der Waals surface area (Å²) in [5, 5.41) is 18.6. The van der Waals surface area contributed by atoms with Crippen molar-refractivity contribution in [2.75, 3.05) is 5.32 Å². The maximum absolute atomic E-state index is 14.0. The van der Waals surface area contributed by atoms with Crippen molar-refractivity contribution in [1.29, 1.82) is 0 Å². The lowest BCUT2D eigenvalue weighted by Gasteiger charge is -2.18. The third-order valence-electron chi connectivity index (χ3n) is 5.24. The average Bonchev–Trinajstić information content (AvgIpc) is 3.27. The predicted octanol–water partition coefficient (Wildman–Crippen LogP) is 5.33. The van der Waals surface area contributed by atoms with Crippen molar-refractivity contribution in [1.82, 2.24) is 19.6 Å². The Kier molecular flexibility index (Phi) is 9.21. The van der Waals surface area contributed by atoms with Gasteiger partial charge in [-0.3, -0.25) is 9.48 Å². The first kappa shape index (κ1) is 27.6.